The van der Waals surface area contributed by atoms with Crippen molar-refractivity contribution in [3.05, 3.63) is 24.0 Å². The Morgan fingerprint density at radius 2 is 2.05 bits per heavy atom. The van der Waals surface area contributed by atoms with E-state index in [4.69, 9.17) is 0 Å². The lowest BCUT2D eigenvalue weighted by molar-refractivity contribution is 0.0691. The fourth-order valence-corrected chi connectivity index (χ4v) is 2.47. The molecule has 0 aromatic carbocycles. The van der Waals surface area contributed by atoms with Gasteiger partial charge < -0.3 is 10.2 Å². The van der Waals surface area contributed by atoms with Crippen LogP contribution in [-0.2, 0) is 0 Å². The molecule has 2 heterocycles. The monoisotopic (exact) mass is 259 g/mol. The largest absolute Gasteiger partial charge is 0.382 e. The van der Waals surface area contributed by atoms with Gasteiger partial charge in [-0.1, -0.05) is 6.92 Å². The first-order chi connectivity index (χ1) is 9.22. The number of rotatable bonds is 3. The standard InChI is InChI=1S/C15H21N3O/c1-11-5-8-18(9-6-11)15(19)14-10-13(4-7-16-14)17-12-2-3-12/h4,7,10-12H,2-3,5-6,8-9H2,1H3,(H,16,17). The van der Waals surface area contributed by atoms with Crippen LogP contribution in [0, 0.1) is 5.92 Å². The van der Waals surface area contributed by atoms with Crippen LogP contribution in [0.1, 0.15) is 43.1 Å². The lowest BCUT2D eigenvalue weighted by atomic mass is 9.99. The van der Waals surface area contributed by atoms with Gasteiger partial charge >= 0.3 is 0 Å². The normalized spacial score (nSPS) is 20.4. The summed E-state index contributed by atoms with van der Waals surface area (Å²) < 4.78 is 0. The highest BCUT2D eigenvalue weighted by Gasteiger charge is 2.24. The third-order valence-corrected chi connectivity index (χ3v) is 4.00. The molecule has 3 rings (SSSR count). The molecule has 2 fully saturated rings. The molecule has 1 saturated carbocycles. The second kappa shape index (κ2) is 5.19. The summed E-state index contributed by atoms with van der Waals surface area (Å²) in [6, 6.07) is 4.42. The predicted molar refractivity (Wildman–Crippen MR) is 75.2 cm³/mol. The van der Waals surface area contributed by atoms with E-state index in [1.165, 1.54) is 12.8 Å². The molecule has 1 amide bonds. The Bertz CT molecular complexity index is 462. The average molecular weight is 259 g/mol. The van der Waals surface area contributed by atoms with E-state index in [2.05, 4.69) is 17.2 Å². The molecule has 1 aromatic rings. The molecule has 0 atom stereocenters. The molecule has 1 aliphatic heterocycles. The van der Waals surface area contributed by atoms with Crippen LogP contribution in [0.5, 0.6) is 0 Å². The fraction of sp³-hybridized carbons (Fsp3) is 0.600. The smallest absolute Gasteiger partial charge is 0.272 e. The topological polar surface area (TPSA) is 45.2 Å². The second-order valence-electron chi connectivity index (χ2n) is 5.82. The quantitative estimate of drug-likeness (QED) is 0.907. The minimum atomic E-state index is 0.0753. The van der Waals surface area contributed by atoms with E-state index in [-0.39, 0.29) is 5.91 Å². The predicted octanol–water partition coefficient (Wildman–Crippen LogP) is 2.53. The van der Waals surface area contributed by atoms with E-state index in [1.54, 1.807) is 6.20 Å². The maximum absolute atomic E-state index is 12.4. The molecule has 4 heteroatoms. The minimum Gasteiger partial charge on any atom is -0.382 e. The molecule has 2 aliphatic rings. The minimum absolute atomic E-state index is 0.0753. The molecule has 1 aromatic heterocycles. The van der Waals surface area contributed by atoms with Gasteiger partial charge in [0.15, 0.2) is 0 Å². The highest BCUT2D eigenvalue weighted by Crippen LogP contribution is 2.25. The van der Waals surface area contributed by atoms with Gasteiger partial charge in [0.25, 0.3) is 5.91 Å². The summed E-state index contributed by atoms with van der Waals surface area (Å²) in [4.78, 5) is 18.6. The van der Waals surface area contributed by atoms with Gasteiger partial charge in [0.1, 0.15) is 5.69 Å². The van der Waals surface area contributed by atoms with Crippen molar-refractivity contribution in [2.24, 2.45) is 5.92 Å². The van der Waals surface area contributed by atoms with Crippen molar-refractivity contribution in [2.45, 2.75) is 38.6 Å². The summed E-state index contributed by atoms with van der Waals surface area (Å²) in [5.74, 6) is 0.811. The highest BCUT2D eigenvalue weighted by molar-refractivity contribution is 5.93. The van der Waals surface area contributed by atoms with Gasteiger partial charge in [0, 0.05) is 31.0 Å². The third kappa shape index (κ3) is 3.06. The highest BCUT2D eigenvalue weighted by atomic mass is 16.2. The molecule has 102 valence electrons. The molecular weight excluding hydrogens is 238 g/mol. The number of pyridine rings is 1. The lowest BCUT2D eigenvalue weighted by Gasteiger charge is -2.30. The molecule has 4 nitrogen and oxygen atoms in total. The van der Waals surface area contributed by atoms with E-state index in [0.717, 1.165) is 37.5 Å². The summed E-state index contributed by atoms with van der Waals surface area (Å²) >= 11 is 0. The van der Waals surface area contributed by atoms with Crippen molar-refractivity contribution >= 4 is 11.6 Å². The SMILES string of the molecule is CC1CCN(C(=O)c2cc(NC3CC3)ccn2)CC1. The van der Waals surface area contributed by atoms with E-state index in [9.17, 15) is 4.79 Å². The maximum Gasteiger partial charge on any atom is 0.272 e. The molecule has 0 bridgehead atoms. The van der Waals surface area contributed by atoms with Crippen LogP contribution in [-0.4, -0.2) is 34.9 Å². The lowest BCUT2D eigenvalue weighted by Crippen LogP contribution is -2.38. The van der Waals surface area contributed by atoms with Crippen LogP contribution in [0.2, 0.25) is 0 Å². The average Bonchev–Trinajstić information content (AvgIpc) is 3.23. The van der Waals surface area contributed by atoms with Crippen LogP contribution >= 0.6 is 0 Å². The number of nitrogens with one attached hydrogen (secondary N) is 1. The Balaban J connectivity index is 1.68. The van der Waals surface area contributed by atoms with E-state index < -0.39 is 0 Å². The number of piperidine rings is 1. The molecule has 1 saturated heterocycles. The fourth-order valence-electron chi connectivity index (χ4n) is 2.47. The van der Waals surface area contributed by atoms with Gasteiger partial charge in [-0.05, 0) is 43.7 Å². The van der Waals surface area contributed by atoms with Crippen LogP contribution in [0.4, 0.5) is 5.69 Å². The van der Waals surface area contributed by atoms with Crippen molar-refractivity contribution in [3.63, 3.8) is 0 Å². The number of hydrogen-bond donors (Lipinski definition) is 1. The summed E-state index contributed by atoms with van der Waals surface area (Å²) in [7, 11) is 0. The van der Waals surface area contributed by atoms with Crippen LogP contribution in [0.25, 0.3) is 0 Å². The Morgan fingerprint density at radius 1 is 1.32 bits per heavy atom. The van der Waals surface area contributed by atoms with Crippen molar-refractivity contribution in [3.8, 4) is 0 Å². The van der Waals surface area contributed by atoms with Crippen molar-refractivity contribution in [2.75, 3.05) is 18.4 Å². The van der Waals surface area contributed by atoms with Crippen molar-refractivity contribution < 1.29 is 4.79 Å². The Kier molecular flexibility index (Phi) is 3.40. The van der Waals surface area contributed by atoms with E-state index in [0.29, 0.717) is 11.7 Å². The van der Waals surface area contributed by atoms with Gasteiger partial charge in [-0.25, -0.2) is 0 Å². The van der Waals surface area contributed by atoms with Gasteiger partial charge in [-0.3, -0.25) is 9.78 Å². The Morgan fingerprint density at radius 3 is 2.74 bits per heavy atom. The summed E-state index contributed by atoms with van der Waals surface area (Å²) in [6.07, 6.45) is 6.40. The van der Waals surface area contributed by atoms with Gasteiger partial charge in [0.2, 0.25) is 0 Å². The van der Waals surface area contributed by atoms with Crippen molar-refractivity contribution in [1.29, 1.82) is 0 Å². The number of amides is 1. The molecule has 1 N–H and O–H groups in total. The van der Waals surface area contributed by atoms with Crippen LogP contribution in [0.3, 0.4) is 0 Å². The molecule has 0 unspecified atom stereocenters. The first kappa shape index (κ1) is 12.5. The molecule has 1 aliphatic carbocycles. The number of carbonyl (C=O) groups is 1. The Hall–Kier alpha value is -1.58. The summed E-state index contributed by atoms with van der Waals surface area (Å²) in [5, 5.41) is 3.41. The van der Waals surface area contributed by atoms with Gasteiger partial charge in [-0.2, -0.15) is 0 Å². The second-order valence-corrected chi connectivity index (χ2v) is 5.82. The number of anilines is 1. The molecular formula is C15H21N3O. The maximum atomic E-state index is 12.4. The zero-order valence-electron chi connectivity index (χ0n) is 11.4. The Labute approximate surface area is 114 Å². The van der Waals surface area contributed by atoms with Crippen LogP contribution in [0.15, 0.2) is 18.3 Å². The van der Waals surface area contributed by atoms with E-state index >= 15 is 0 Å². The molecule has 19 heavy (non-hydrogen) atoms. The summed E-state index contributed by atoms with van der Waals surface area (Å²) in [6.45, 7) is 3.98. The number of hydrogen-bond acceptors (Lipinski definition) is 3. The third-order valence-electron chi connectivity index (χ3n) is 4.00. The van der Waals surface area contributed by atoms with Gasteiger partial charge in [0.05, 0.1) is 0 Å². The summed E-state index contributed by atoms with van der Waals surface area (Å²) in [5.41, 5.74) is 1.59. The van der Waals surface area contributed by atoms with E-state index in [1.807, 2.05) is 17.0 Å². The zero-order valence-corrected chi connectivity index (χ0v) is 11.4. The first-order valence-corrected chi connectivity index (χ1v) is 7.24. The van der Waals surface area contributed by atoms with Gasteiger partial charge in [-0.15, -0.1) is 0 Å². The number of aromatic nitrogens is 1. The number of likely N-dealkylation sites (tertiary alicyclic amines) is 1. The zero-order chi connectivity index (χ0) is 13.2. The molecule has 0 spiro atoms. The molecule has 0 radical (unpaired) electrons. The number of carbonyl (C=O) groups excluding carboxylic acids is 1. The first-order valence-electron chi connectivity index (χ1n) is 7.24. The number of nitrogens with zero attached hydrogens (tertiary/aromatic N) is 2. The van der Waals surface area contributed by atoms with Crippen molar-refractivity contribution in [1.82, 2.24) is 9.88 Å². The van der Waals surface area contributed by atoms with Crippen LogP contribution < -0.4 is 5.32 Å².